The normalized spacial score (nSPS) is 12.0. The minimum absolute atomic E-state index is 0.0530. The molecule has 2 heterocycles. The lowest BCUT2D eigenvalue weighted by molar-refractivity contribution is -0.137. The number of para-hydroxylation sites is 2. The molecule has 0 aliphatic rings. The number of benzene rings is 3. The van der Waals surface area contributed by atoms with Crippen molar-refractivity contribution >= 4 is 39.9 Å². The highest BCUT2D eigenvalue weighted by atomic mass is 19.4. The second-order valence-electron chi connectivity index (χ2n) is 7.77. The van der Waals surface area contributed by atoms with Crippen molar-refractivity contribution in [3.8, 4) is 11.3 Å². The van der Waals surface area contributed by atoms with Crippen LogP contribution < -0.4 is 16.4 Å². The van der Waals surface area contributed by atoms with Crippen LogP contribution in [0.1, 0.15) is 5.56 Å². The van der Waals surface area contributed by atoms with E-state index in [9.17, 15) is 13.2 Å². The van der Waals surface area contributed by atoms with Gasteiger partial charge < -0.3 is 16.4 Å². The molecule has 0 fully saturated rings. The van der Waals surface area contributed by atoms with Crippen LogP contribution in [0.4, 0.5) is 36.2 Å². The van der Waals surface area contributed by atoms with Crippen molar-refractivity contribution in [2.45, 2.75) is 6.18 Å². The Bertz CT molecular complexity index is 1530. The summed E-state index contributed by atoms with van der Waals surface area (Å²) >= 11 is 0. The Labute approximate surface area is 203 Å². The molecule has 0 unspecified atom stereocenters. The van der Waals surface area contributed by atoms with Gasteiger partial charge in [-0.25, -0.2) is 0 Å². The molecule has 0 aliphatic carbocycles. The number of fused-ring (bicyclic) bond motifs is 1. The molecule has 3 aromatic carbocycles. The van der Waals surface area contributed by atoms with Gasteiger partial charge in [0, 0.05) is 10.9 Å². The van der Waals surface area contributed by atoms with Crippen molar-refractivity contribution < 1.29 is 13.2 Å². The maximum atomic E-state index is 13.2. The van der Waals surface area contributed by atoms with E-state index in [0.29, 0.717) is 33.8 Å². The van der Waals surface area contributed by atoms with Crippen LogP contribution in [-0.4, -0.2) is 26.4 Å². The molecular weight excluding hydrogens is 469 g/mol. The van der Waals surface area contributed by atoms with Crippen LogP contribution in [0.2, 0.25) is 0 Å². The van der Waals surface area contributed by atoms with Gasteiger partial charge >= 0.3 is 6.18 Å². The number of nitrogens with two attached hydrogens (primary N) is 1. The van der Waals surface area contributed by atoms with Gasteiger partial charge in [0.25, 0.3) is 0 Å². The molecule has 0 saturated carbocycles. The maximum Gasteiger partial charge on any atom is 0.416 e. The van der Waals surface area contributed by atoms with Gasteiger partial charge in [0.2, 0.25) is 0 Å². The number of aromatic amines is 1. The van der Waals surface area contributed by atoms with E-state index in [2.05, 4.69) is 36.0 Å². The summed E-state index contributed by atoms with van der Waals surface area (Å²) < 4.78 is 39.5. The number of aromatic nitrogens is 4. The number of hydrogen-bond acceptors (Lipinski definition) is 5. The first-order valence-corrected chi connectivity index (χ1v) is 10.8. The molecule has 8 nitrogen and oxygen atoms in total. The lowest BCUT2D eigenvalue weighted by Gasteiger charge is -2.12. The number of aliphatic imine (C=N–C) groups is 1. The molecule has 5 aromatic rings. The molecule has 5 N–H and O–H groups in total. The minimum atomic E-state index is -4.46. The van der Waals surface area contributed by atoms with Crippen LogP contribution in [0.25, 0.3) is 22.2 Å². The Hall–Kier alpha value is -4.93. The van der Waals surface area contributed by atoms with Crippen molar-refractivity contribution in [3.63, 3.8) is 0 Å². The molecule has 0 radical (unpaired) electrons. The Morgan fingerprint density at radius 2 is 1.61 bits per heavy atom. The fraction of sp³-hybridized carbons (Fsp3) is 0.0400. The van der Waals surface area contributed by atoms with E-state index in [0.717, 1.165) is 17.7 Å². The van der Waals surface area contributed by atoms with Gasteiger partial charge in [0.15, 0.2) is 17.6 Å². The van der Waals surface area contributed by atoms with Crippen molar-refractivity contribution in [1.29, 1.82) is 0 Å². The van der Waals surface area contributed by atoms with E-state index in [-0.39, 0.29) is 11.8 Å². The number of guanidine groups is 1. The number of rotatable bonds is 5. The molecule has 0 bridgehead atoms. The van der Waals surface area contributed by atoms with E-state index in [1.54, 1.807) is 36.4 Å². The second kappa shape index (κ2) is 9.37. The first kappa shape index (κ1) is 22.8. The third-order valence-electron chi connectivity index (χ3n) is 5.29. The van der Waals surface area contributed by atoms with Gasteiger partial charge in [-0.15, -0.1) is 10.2 Å². The highest BCUT2D eigenvalue weighted by Crippen LogP contribution is 2.34. The molecule has 0 atom stereocenters. The summed E-state index contributed by atoms with van der Waals surface area (Å²) in [5.74, 6) is 0.601. The summed E-state index contributed by atoms with van der Waals surface area (Å²) in [6.45, 7) is 0. The number of nitrogens with zero attached hydrogens (tertiary/aromatic N) is 4. The fourth-order valence-corrected chi connectivity index (χ4v) is 3.55. The van der Waals surface area contributed by atoms with Crippen LogP contribution >= 0.6 is 0 Å². The summed E-state index contributed by atoms with van der Waals surface area (Å²) in [5.41, 5.74) is 8.50. The summed E-state index contributed by atoms with van der Waals surface area (Å²) in [7, 11) is 0. The molecule has 2 aromatic heterocycles. The van der Waals surface area contributed by atoms with Gasteiger partial charge in [0.1, 0.15) is 0 Å². The zero-order chi connectivity index (χ0) is 25.1. The topological polar surface area (TPSA) is 117 Å². The first-order valence-electron chi connectivity index (χ1n) is 10.8. The Kier molecular flexibility index (Phi) is 5.95. The molecule has 0 saturated heterocycles. The maximum absolute atomic E-state index is 13.2. The third-order valence-corrected chi connectivity index (χ3v) is 5.29. The number of nitrogens with one attached hydrogen (secondary N) is 3. The smallest absolute Gasteiger partial charge is 0.369 e. The Balaban J connectivity index is 1.36. The summed E-state index contributed by atoms with van der Waals surface area (Å²) in [4.78, 5) is 4.25. The van der Waals surface area contributed by atoms with E-state index in [1.165, 1.54) is 6.07 Å². The molecule has 0 aliphatic heterocycles. The van der Waals surface area contributed by atoms with E-state index in [4.69, 9.17) is 5.73 Å². The Morgan fingerprint density at radius 3 is 2.33 bits per heavy atom. The van der Waals surface area contributed by atoms with Crippen LogP contribution in [0.5, 0.6) is 0 Å². The summed E-state index contributed by atoms with van der Waals surface area (Å²) in [6.07, 6.45) is -4.46. The molecule has 180 valence electrons. The molecular formula is C25H19F3N8. The minimum Gasteiger partial charge on any atom is -0.369 e. The molecule has 11 heteroatoms. The van der Waals surface area contributed by atoms with Crippen molar-refractivity contribution in [3.05, 3.63) is 90.5 Å². The van der Waals surface area contributed by atoms with E-state index < -0.39 is 11.7 Å². The zero-order valence-corrected chi connectivity index (χ0v) is 18.6. The monoisotopic (exact) mass is 488 g/mol. The molecule has 0 spiro atoms. The summed E-state index contributed by atoms with van der Waals surface area (Å²) in [5, 5.41) is 21.5. The number of hydrogen-bond donors (Lipinski definition) is 4. The van der Waals surface area contributed by atoms with Gasteiger partial charge in [0.05, 0.1) is 28.1 Å². The van der Waals surface area contributed by atoms with Crippen LogP contribution in [-0.2, 0) is 6.18 Å². The lowest BCUT2D eigenvalue weighted by atomic mass is 10.1. The summed E-state index contributed by atoms with van der Waals surface area (Å²) in [6, 6.07) is 23.5. The molecule has 36 heavy (non-hydrogen) atoms. The number of halogens is 3. The van der Waals surface area contributed by atoms with Gasteiger partial charge in [-0.05, 0) is 42.5 Å². The second-order valence-corrected chi connectivity index (χ2v) is 7.77. The molecule has 5 rings (SSSR count). The fourth-order valence-electron chi connectivity index (χ4n) is 3.55. The average Bonchev–Trinajstić information content (AvgIpc) is 3.28. The highest BCUT2D eigenvalue weighted by molar-refractivity contribution is 5.99. The van der Waals surface area contributed by atoms with Crippen LogP contribution in [0, 0.1) is 0 Å². The predicted octanol–water partition coefficient (Wildman–Crippen LogP) is 5.84. The van der Waals surface area contributed by atoms with Crippen LogP contribution in [0.3, 0.4) is 0 Å². The van der Waals surface area contributed by atoms with Gasteiger partial charge in [-0.2, -0.15) is 23.3 Å². The zero-order valence-electron chi connectivity index (χ0n) is 18.6. The van der Waals surface area contributed by atoms with Gasteiger partial charge in [-0.1, -0.05) is 42.5 Å². The Morgan fingerprint density at radius 1 is 0.861 bits per heavy atom. The van der Waals surface area contributed by atoms with Gasteiger partial charge in [-0.3, -0.25) is 5.10 Å². The lowest BCUT2D eigenvalue weighted by Crippen LogP contribution is -2.22. The largest absolute Gasteiger partial charge is 0.416 e. The first-order chi connectivity index (χ1) is 17.4. The number of alkyl halides is 3. The quantitative estimate of drug-likeness (QED) is 0.182. The van der Waals surface area contributed by atoms with Crippen LogP contribution in [0.15, 0.2) is 89.9 Å². The molecule has 0 amide bonds. The predicted molar refractivity (Wildman–Crippen MR) is 133 cm³/mol. The standard InChI is InChI=1S/C25H19F3N8/c26-25(27,28)16-10-11-19-17(14-16)23(36-34-19)30-20-8-4-5-9-21(20)31-24(29)32-22-13-12-18(33-35-22)15-6-2-1-3-7-15/h1-14H,(H2,30,34,36)(H3,29,31,32,35). The van der Waals surface area contributed by atoms with E-state index >= 15 is 0 Å². The number of anilines is 3. The third kappa shape index (κ3) is 4.94. The van der Waals surface area contributed by atoms with E-state index in [1.807, 2.05) is 30.3 Å². The van der Waals surface area contributed by atoms with Crippen molar-refractivity contribution in [2.75, 3.05) is 10.6 Å². The number of H-pyrrole nitrogens is 1. The van der Waals surface area contributed by atoms with Crippen molar-refractivity contribution in [1.82, 2.24) is 20.4 Å². The SMILES string of the molecule is NC(=Nc1ccc(-c2ccccc2)nn1)Nc1ccccc1Nc1n[nH]c2ccc(C(F)(F)F)cc12. The van der Waals surface area contributed by atoms with Crippen molar-refractivity contribution in [2.24, 2.45) is 10.7 Å². The highest BCUT2D eigenvalue weighted by Gasteiger charge is 2.31. The average molecular weight is 488 g/mol.